The molecule has 0 saturated carbocycles. The van der Waals surface area contributed by atoms with Gasteiger partial charge in [0.1, 0.15) is 5.82 Å². The summed E-state index contributed by atoms with van der Waals surface area (Å²) in [6.07, 6.45) is 1.66. The van der Waals surface area contributed by atoms with Crippen LogP contribution in [0.1, 0.15) is 20.7 Å². The number of halogens is 1. The zero-order chi connectivity index (χ0) is 20.6. The Morgan fingerprint density at radius 3 is 2.72 bits per heavy atom. The molecule has 0 radical (unpaired) electrons. The van der Waals surface area contributed by atoms with Crippen molar-refractivity contribution in [3.05, 3.63) is 52.7 Å². The van der Waals surface area contributed by atoms with Crippen molar-refractivity contribution < 1.29 is 19.1 Å². The van der Waals surface area contributed by atoms with Crippen LogP contribution in [0, 0.1) is 0 Å². The number of nitrogens with zero attached hydrogens (tertiary/aromatic N) is 2. The van der Waals surface area contributed by atoms with Gasteiger partial charge in [0.05, 0.1) is 36.0 Å². The van der Waals surface area contributed by atoms with Crippen molar-refractivity contribution in [2.75, 3.05) is 56.8 Å². The number of hydrogen-bond donors (Lipinski definition) is 2. The topological polar surface area (TPSA) is 92.8 Å². The molecule has 8 nitrogen and oxygen atoms in total. The van der Waals surface area contributed by atoms with Crippen molar-refractivity contribution >= 4 is 34.9 Å². The van der Waals surface area contributed by atoms with E-state index in [0.29, 0.717) is 62.1 Å². The molecular formula is C20H23ClN4O4. The van der Waals surface area contributed by atoms with Crippen molar-refractivity contribution in [1.82, 2.24) is 10.3 Å². The Bertz CT molecular complexity index is 871. The highest BCUT2D eigenvalue weighted by Crippen LogP contribution is 2.23. The summed E-state index contributed by atoms with van der Waals surface area (Å²) in [6.45, 7) is 3.35. The molecule has 0 bridgehead atoms. The van der Waals surface area contributed by atoms with E-state index in [0.717, 1.165) is 0 Å². The molecule has 1 aromatic carbocycles. The summed E-state index contributed by atoms with van der Waals surface area (Å²) in [5, 5.41) is 5.78. The molecule has 0 aliphatic carbocycles. The summed E-state index contributed by atoms with van der Waals surface area (Å²) in [4.78, 5) is 31.4. The maximum Gasteiger partial charge on any atom is 0.259 e. The molecule has 1 saturated heterocycles. The van der Waals surface area contributed by atoms with Gasteiger partial charge < -0.3 is 25.0 Å². The fraction of sp³-hybridized carbons (Fsp3) is 0.350. The smallest absolute Gasteiger partial charge is 0.259 e. The molecule has 2 N–H and O–H groups in total. The van der Waals surface area contributed by atoms with E-state index in [1.807, 2.05) is 4.90 Å². The van der Waals surface area contributed by atoms with Crippen molar-refractivity contribution in [3.8, 4) is 0 Å². The van der Waals surface area contributed by atoms with E-state index in [4.69, 9.17) is 21.1 Å². The monoisotopic (exact) mass is 418 g/mol. The fourth-order valence-electron chi connectivity index (χ4n) is 2.94. The lowest BCUT2D eigenvalue weighted by atomic mass is 10.1. The van der Waals surface area contributed by atoms with E-state index in [2.05, 4.69) is 15.6 Å². The van der Waals surface area contributed by atoms with E-state index in [1.165, 1.54) is 0 Å². The third kappa shape index (κ3) is 5.44. The summed E-state index contributed by atoms with van der Waals surface area (Å²) < 4.78 is 10.3. The van der Waals surface area contributed by atoms with Gasteiger partial charge in [0.2, 0.25) is 0 Å². The van der Waals surface area contributed by atoms with Crippen LogP contribution in [-0.4, -0.2) is 63.4 Å². The summed E-state index contributed by atoms with van der Waals surface area (Å²) in [6, 6.07) is 8.22. The standard InChI is InChI=1S/C20H23ClN4O4/c1-28-10-7-23-19(26)15-5-4-14(13-17(15)21)24-20(27)16-3-2-6-22-18(16)25-8-11-29-12-9-25/h2-6,13H,7-12H2,1H3,(H,23,26)(H,24,27). The number of methoxy groups -OCH3 is 1. The molecule has 1 aromatic heterocycles. The first kappa shape index (κ1) is 21.0. The predicted octanol–water partition coefficient (Wildman–Crippen LogP) is 2.20. The van der Waals surface area contributed by atoms with Gasteiger partial charge in [-0.05, 0) is 30.3 Å². The van der Waals surface area contributed by atoms with Crippen LogP contribution in [0.3, 0.4) is 0 Å². The van der Waals surface area contributed by atoms with Crippen LogP contribution in [0.5, 0.6) is 0 Å². The zero-order valence-corrected chi connectivity index (χ0v) is 16.9. The van der Waals surface area contributed by atoms with Crippen LogP contribution in [0.4, 0.5) is 11.5 Å². The van der Waals surface area contributed by atoms with Crippen molar-refractivity contribution in [2.45, 2.75) is 0 Å². The van der Waals surface area contributed by atoms with Crippen LogP contribution in [0.25, 0.3) is 0 Å². The number of ether oxygens (including phenoxy) is 2. The van der Waals surface area contributed by atoms with Crippen LogP contribution < -0.4 is 15.5 Å². The summed E-state index contributed by atoms with van der Waals surface area (Å²) in [5.41, 5.74) is 1.29. The van der Waals surface area contributed by atoms with Gasteiger partial charge in [-0.2, -0.15) is 0 Å². The number of carbonyl (C=O) groups excluding carboxylic acids is 2. The molecule has 0 spiro atoms. The Hall–Kier alpha value is -2.68. The second-order valence-corrected chi connectivity index (χ2v) is 6.78. The van der Waals surface area contributed by atoms with Gasteiger partial charge in [-0.25, -0.2) is 4.98 Å². The van der Waals surface area contributed by atoms with Crippen molar-refractivity contribution in [2.24, 2.45) is 0 Å². The number of benzene rings is 1. The minimum absolute atomic E-state index is 0.248. The van der Waals surface area contributed by atoms with Crippen LogP contribution in [-0.2, 0) is 9.47 Å². The molecule has 0 unspecified atom stereocenters. The summed E-state index contributed by atoms with van der Waals surface area (Å²) in [5.74, 6) is 0.0216. The minimum Gasteiger partial charge on any atom is -0.383 e. The fourth-order valence-corrected chi connectivity index (χ4v) is 3.21. The third-order valence-corrected chi connectivity index (χ3v) is 4.72. The largest absolute Gasteiger partial charge is 0.383 e. The molecule has 3 rings (SSSR count). The van der Waals surface area contributed by atoms with Crippen LogP contribution in [0.15, 0.2) is 36.5 Å². The number of aromatic nitrogens is 1. The van der Waals surface area contributed by atoms with E-state index >= 15 is 0 Å². The molecular weight excluding hydrogens is 396 g/mol. The molecule has 1 fully saturated rings. The first-order valence-corrected chi connectivity index (χ1v) is 9.63. The maximum absolute atomic E-state index is 12.8. The number of pyridine rings is 1. The van der Waals surface area contributed by atoms with Gasteiger partial charge in [-0.1, -0.05) is 11.6 Å². The lowest BCUT2D eigenvalue weighted by molar-refractivity contribution is 0.0936. The molecule has 1 aliphatic heterocycles. The van der Waals surface area contributed by atoms with Gasteiger partial charge in [-0.15, -0.1) is 0 Å². The first-order chi connectivity index (χ1) is 14.1. The second kappa shape index (κ2) is 10.2. The Morgan fingerprint density at radius 1 is 1.21 bits per heavy atom. The maximum atomic E-state index is 12.8. The number of morpholine rings is 1. The van der Waals surface area contributed by atoms with Crippen molar-refractivity contribution in [3.63, 3.8) is 0 Å². The van der Waals surface area contributed by atoms with Gasteiger partial charge in [0.25, 0.3) is 11.8 Å². The molecule has 9 heteroatoms. The normalized spacial score (nSPS) is 13.8. The lowest BCUT2D eigenvalue weighted by Crippen LogP contribution is -2.38. The number of anilines is 2. The first-order valence-electron chi connectivity index (χ1n) is 9.26. The SMILES string of the molecule is COCCNC(=O)c1ccc(NC(=O)c2cccnc2N2CCOCC2)cc1Cl. The average molecular weight is 419 g/mol. The average Bonchev–Trinajstić information content (AvgIpc) is 2.74. The lowest BCUT2D eigenvalue weighted by Gasteiger charge is -2.29. The van der Waals surface area contributed by atoms with Gasteiger partial charge in [0, 0.05) is 38.6 Å². The quantitative estimate of drug-likeness (QED) is 0.670. The molecule has 2 heterocycles. The molecule has 154 valence electrons. The summed E-state index contributed by atoms with van der Waals surface area (Å²) in [7, 11) is 1.56. The number of hydrogen-bond acceptors (Lipinski definition) is 6. The van der Waals surface area contributed by atoms with Crippen LogP contribution in [0.2, 0.25) is 5.02 Å². The minimum atomic E-state index is -0.299. The van der Waals surface area contributed by atoms with Gasteiger partial charge in [0.15, 0.2) is 0 Å². The Labute approximate surface area is 174 Å². The van der Waals surface area contributed by atoms with E-state index in [1.54, 1.807) is 43.6 Å². The predicted molar refractivity (Wildman–Crippen MR) is 111 cm³/mol. The highest BCUT2D eigenvalue weighted by atomic mass is 35.5. The highest BCUT2D eigenvalue weighted by Gasteiger charge is 2.20. The highest BCUT2D eigenvalue weighted by molar-refractivity contribution is 6.34. The second-order valence-electron chi connectivity index (χ2n) is 6.37. The van der Waals surface area contributed by atoms with E-state index in [-0.39, 0.29) is 16.8 Å². The Morgan fingerprint density at radius 2 is 2.00 bits per heavy atom. The third-order valence-electron chi connectivity index (χ3n) is 4.41. The van der Waals surface area contributed by atoms with Gasteiger partial charge in [-0.3, -0.25) is 9.59 Å². The number of amides is 2. The van der Waals surface area contributed by atoms with E-state index < -0.39 is 0 Å². The Balaban J connectivity index is 1.71. The Kier molecular flexibility index (Phi) is 7.40. The molecule has 1 aliphatic rings. The van der Waals surface area contributed by atoms with Crippen molar-refractivity contribution in [1.29, 1.82) is 0 Å². The molecule has 0 atom stereocenters. The summed E-state index contributed by atoms with van der Waals surface area (Å²) >= 11 is 6.24. The van der Waals surface area contributed by atoms with E-state index in [9.17, 15) is 9.59 Å². The number of rotatable bonds is 7. The zero-order valence-electron chi connectivity index (χ0n) is 16.1. The molecule has 2 aromatic rings. The van der Waals surface area contributed by atoms with Crippen LogP contribution >= 0.6 is 11.6 Å². The molecule has 2 amide bonds. The van der Waals surface area contributed by atoms with Gasteiger partial charge >= 0.3 is 0 Å². The number of nitrogens with one attached hydrogen (secondary N) is 2. The number of carbonyl (C=O) groups is 2. The molecule has 29 heavy (non-hydrogen) atoms.